The summed E-state index contributed by atoms with van der Waals surface area (Å²) in [6.45, 7) is 20.1. The fourth-order valence-corrected chi connectivity index (χ4v) is 8.22. The van der Waals surface area contributed by atoms with Gasteiger partial charge in [-0.25, -0.2) is 8.78 Å². The Labute approximate surface area is 347 Å². The van der Waals surface area contributed by atoms with Gasteiger partial charge in [-0.05, 0) is 116 Å². The highest BCUT2D eigenvalue weighted by Crippen LogP contribution is 2.59. The van der Waals surface area contributed by atoms with Crippen LogP contribution >= 0.6 is 0 Å². The summed E-state index contributed by atoms with van der Waals surface area (Å²) in [5.74, 6) is -1.22. The predicted molar refractivity (Wildman–Crippen MR) is 237 cm³/mol. The molecule has 8 rings (SSSR count). The van der Waals surface area contributed by atoms with Gasteiger partial charge in [-0.2, -0.15) is 0 Å². The van der Waals surface area contributed by atoms with Crippen molar-refractivity contribution in [1.82, 2.24) is 9.97 Å². The molecule has 0 fully saturated rings. The number of hydrogen-bond acceptors (Lipinski definition) is 4. The zero-order valence-electron chi connectivity index (χ0n) is 35.4. The van der Waals surface area contributed by atoms with E-state index < -0.39 is 17.0 Å². The van der Waals surface area contributed by atoms with Crippen molar-refractivity contribution < 1.29 is 13.5 Å². The van der Waals surface area contributed by atoms with Gasteiger partial charge in [0.1, 0.15) is 11.6 Å². The van der Waals surface area contributed by atoms with Crippen molar-refractivity contribution in [3.05, 3.63) is 197 Å². The van der Waals surface area contributed by atoms with Gasteiger partial charge in [-0.3, -0.25) is 9.97 Å². The number of ether oxygens (including phenoxy) is 1. The molecule has 2 aromatic heterocycles. The van der Waals surface area contributed by atoms with Gasteiger partial charge in [-0.1, -0.05) is 123 Å². The van der Waals surface area contributed by atoms with Crippen LogP contribution in [-0.4, -0.2) is 9.97 Å². The molecule has 0 radical (unpaired) electrons. The first-order chi connectivity index (χ1) is 28.0. The third-order valence-corrected chi connectivity index (χ3v) is 11.5. The standard InChI is InChI=1S/C53H51F2N3O/c1-50(2,3)34-19-23-38(24-20-34)58-46-25-21-35(51(4,5)6)30-41(46)53(49-18-11-13-28-57-49,42-31-36(52(7,8)9)22-26-47(42)58)37-15-14-16-39(29-37)59-48-32-40(43(54)33-44(48)55)45-17-10-12-27-56-45/h10-33H,1-9H3. The summed E-state index contributed by atoms with van der Waals surface area (Å²) < 4.78 is 37.2. The Balaban J connectivity index is 1.43. The minimum Gasteiger partial charge on any atom is -0.454 e. The number of fused-ring (bicyclic) bond motifs is 2. The van der Waals surface area contributed by atoms with E-state index in [4.69, 9.17) is 9.72 Å². The summed E-state index contributed by atoms with van der Waals surface area (Å²) in [7, 11) is 0. The number of nitrogens with zero attached hydrogens (tertiary/aromatic N) is 3. The second kappa shape index (κ2) is 14.6. The van der Waals surface area contributed by atoms with Crippen LogP contribution in [0.25, 0.3) is 11.3 Å². The Morgan fingerprint density at radius 3 is 1.64 bits per heavy atom. The Bertz CT molecular complexity index is 2590. The summed E-state index contributed by atoms with van der Waals surface area (Å²) in [5, 5.41) is 0. The molecule has 59 heavy (non-hydrogen) atoms. The number of rotatable bonds is 6. The Morgan fingerprint density at radius 1 is 0.525 bits per heavy atom. The van der Waals surface area contributed by atoms with E-state index in [1.807, 2.05) is 36.5 Å². The molecular formula is C53H51F2N3O. The number of aromatic nitrogens is 2. The normalized spacial score (nSPS) is 13.8. The molecular weight excluding hydrogens is 733 g/mol. The van der Waals surface area contributed by atoms with Gasteiger partial charge in [0, 0.05) is 29.7 Å². The summed E-state index contributed by atoms with van der Waals surface area (Å²) in [4.78, 5) is 11.9. The zero-order chi connectivity index (χ0) is 41.9. The molecule has 0 saturated carbocycles. The van der Waals surface area contributed by atoms with E-state index in [0.717, 1.165) is 45.5 Å². The molecule has 0 saturated heterocycles. The fourth-order valence-electron chi connectivity index (χ4n) is 8.22. The van der Waals surface area contributed by atoms with Crippen LogP contribution in [-0.2, 0) is 21.7 Å². The molecule has 5 aromatic carbocycles. The number of hydrogen-bond donors (Lipinski definition) is 0. The van der Waals surface area contributed by atoms with Crippen molar-refractivity contribution in [3.63, 3.8) is 0 Å². The summed E-state index contributed by atoms with van der Waals surface area (Å²) >= 11 is 0. The molecule has 0 bridgehead atoms. The number of anilines is 3. The first-order valence-electron chi connectivity index (χ1n) is 20.3. The maximum atomic E-state index is 15.6. The van der Waals surface area contributed by atoms with Gasteiger partial charge < -0.3 is 9.64 Å². The molecule has 1 aliphatic heterocycles. The van der Waals surface area contributed by atoms with Crippen LogP contribution in [0.4, 0.5) is 25.8 Å². The first-order valence-corrected chi connectivity index (χ1v) is 20.3. The second-order valence-corrected chi connectivity index (χ2v) is 18.7. The quantitative estimate of drug-likeness (QED) is 0.168. The molecule has 0 aliphatic carbocycles. The van der Waals surface area contributed by atoms with Gasteiger partial charge in [0.15, 0.2) is 11.6 Å². The molecule has 0 spiro atoms. The van der Waals surface area contributed by atoms with E-state index in [1.165, 1.54) is 22.8 Å². The van der Waals surface area contributed by atoms with Crippen molar-refractivity contribution in [2.75, 3.05) is 4.90 Å². The maximum absolute atomic E-state index is 15.6. The van der Waals surface area contributed by atoms with Gasteiger partial charge in [0.05, 0.1) is 28.2 Å². The molecule has 0 atom stereocenters. The average Bonchev–Trinajstić information content (AvgIpc) is 3.20. The van der Waals surface area contributed by atoms with Crippen LogP contribution in [0.3, 0.4) is 0 Å². The van der Waals surface area contributed by atoms with Gasteiger partial charge in [0.2, 0.25) is 0 Å². The highest BCUT2D eigenvalue weighted by atomic mass is 19.1. The lowest BCUT2D eigenvalue weighted by Crippen LogP contribution is -2.39. The van der Waals surface area contributed by atoms with E-state index in [0.29, 0.717) is 11.4 Å². The largest absolute Gasteiger partial charge is 0.454 e. The maximum Gasteiger partial charge on any atom is 0.168 e. The second-order valence-electron chi connectivity index (χ2n) is 18.7. The summed E-state index contributed by atoms with van der Waals surface area (Å²) in [6, 6.07) is 44.0. The van der Waals surface area contributed by atoms with E-state index >= 15 is 8.78 Å². The molecule has 3 heterocycles. The van der Waals surface area contributed by atoms with Crippen LogP contribution < -0.4 is 9.64 Å². The van der Waals surface area contributed by atoms with E-state index in [-0.39, 0.29) is 27.6 Å². The predicted octanol–water partition coefficient (Wildman–Crippen LogP) is 14.3. The van der Waals surface area contributed by atoms with E-state index in [1.54, 1.807) is 24.4 Å². The highest BCUT2D eigenvalue weighted by Gasteiger charge is 2.48. The lowest BCUT2D eigenvalue weighted by atomic mass is 9.62. The van der Waals surface area contributed by atoms with Gasteiger partial charge in [0.25, 0.3) is 0 Å². The molecule has 6 heteroatoms. The molecule has 4 nitrogen and oxygen atoms in total. The van der Waals surface area contributed by atoms with Crippen LogP contribution in [0.15, 0.2) is 146 Å². The third-order valence-electron chi connectivity index (χ3n) is 11.5. The van der Waals surface area contributed by atoms with Crippen molar-refractivity contribution in [1.29, 1.82) is 0 Å². The molecule has 1 aliphatic rings. The van der Waals surface area contributed by atoms with Crippen molar-refractivity contribution in [2.24, 2.45) is 0 Å². The fraction of sp³-hybridized carbons (Fsp3) is 0.245. The SMILES string of the molecule is CC(C)(C)c1ccc(N2c3ccc(C(C)(C)C)cc3C(c3cccc(Oc4cc(-c5ccccn5)c(F)cc4F)c3)(c3ccccn3)c3cc(C(C)(C)C)ccc32)cc1. The minimum atomic E-state index is -0.962. The van der Waals surface area contributed by atoms with Crippen LogP contribution in [0, 0.1) is 11.6 Å². The van der Waals surface area contributed by atoms with E-state index in [9.17, 15) is 0 Å². The van der Waals surface area contributed by atoms with Crippen LogP contribution in [0.5, 0.6) is 11.5 Å². The van der Waals surface area contributed by atoms with Crippen molar-refractivity contribution in [3.8, 4) is 22.8 Å². The number of benzene rings is 5. The molecule has 0 amide bonds. The monoisotopic (exact) mass is 783 g/mol. The third kappa shape index (κ3) is 7.20. The Kier molecular flexibility index (Phi) is 9.82. The minimum absolute atomic E-state index is 0.00247. The van der Waals surface area contributed by atoms with E-state index in [2.05, 4.69) is 145 Å². The molecule has 7 aromatic rings. The smallest absolute Gasteiger partial charge is 0.168 e. The van der Waals surface area contributed by atoms with Crippen molar-refractivity contribution in [2.45, 2.75) is 84.0 Å². The first kappa shape index (κ1) is 39.7. The lowest BCUT2D eigenvalue weighted by molar-refractivity contribution is 0.437. The summed E-state index contributed by atoms with van der Waals surface area (Å²) in [6.07, 6.45) is 3.43. The van der Waals surface area contributed by atoms with Gasteiger partial charge >= 0.3 is 0 Å². The number of pyridine rings is 2. The zero-order valence-corrected chi connectivity index (χ0v) is 35.4. The van der Waals surface area contributed by atoms with Crippen LogP contribution in [0.1, 0.15) is 101 Å². The Morgan fingerprint density at radius 2 is 1.10 bits per heavy atom. The average molecular weight is 784 g/mol. The molecule has 0 unspecified atom stereocenters. The molecule has 0 N–H and O–H groups in total. The highest BCUT2D eigenvalue weighted by molar-refractivity contribution is 5.90. The molecule has 298 valence electrons. The Hall–Kier alpha value is -6.14. The van der Waals surface area contributed by atoms with Gasteiger partial charge in [-0.15, -0.1) is 0 Å². The number of halogens is 2. The summed E-state index contributed by atoms with van der Waals surface area (Å²) in [5.41, 5.74) is 9.80. The lowest BCUT2D eigenvalue weighted by Gasteiger charge is -2.47. The van der Waals surface area contributed by atoms with Crippen molar-refractivity contribution >= 4 is 17.1 Å². The topological polar surface area (TPSA) is 38.2 Å². The van der Waals surface area contributed by atoms with Crippen LogP contribution in [0.2, 0.25) is 0 Å².